The van der Waals surface area contributed by atoms with Crippen LogP contribution in [0.2, 0.25) is 0 Å². The molecule has 5 nitrogen and oxygen atoms in total. The Kier molecular flexibility index (Phi) is 6.95. The molecule has 5 heteroatoms. The van der Waals surface area contributed by atoms with Crippen molar-refractivity contribution in [2.45, 2.75) is 45.4 Å². The lowest BCUT2D eigenvalue weighted by atomic mass is 9.82. The summed E-state index contributed by atoms with van der Waals surface area (Å²) in [6, 6.07) is 42.8. The van der Waals surface area contributed by atoms with Crippen LogP contribution in [0.5, 0.6) is 0 Å². The first-order chi connectivity index (χ1) is 27.7. The van der Waals surface area contributed by atoms with E-state index in [1.165, 1.54) is 66.1 Å². The van der Waals surface area contributed by atoms with Crippen molar-refractivity contribution < 1.29 is 0 Å². The Labute approximate surface area is 332 Å². The minimum atomic E-state index is -0.126. The highest BCUT2D eigenvalue weighted by molar-refractivity contribution is 6.15. The molecule has 0 aliphatic heterocycles. The average molecular weight is 736 g/mol. The summed E-state index contributed by atoms with van der Waals surface area (Å²) in [5.41, 5.74) is 17.0. The third-order valence-corrected chi connectivity index (χ3v) is 12.8. The van der Waals surface area contributed by atoms with Gasteiger partial charge >= 0.3 is 0 Å². The zero-order valence-corrected chi connectivity index (χ0v) is 32.8. The number of rotatable bonds is 5. The lowest BCUT2D eigenvalue weighted by molar-refractivity contribution is 0.661. The van der Waals surface area contributed by atoms with Gasteiger partial charge in [-0.1, -0.05) is 101 Å². The molecule has 3 aromatic heterocycles. The van der Waals surface area contributed by atoms with Gasteiger partial charge in [0.05, 0.1) is 22.1 Å². The Bertz CT molecular complexity index is 3260. The first-order valence-electron chi connectivity index (χ1n) is 19.7. The van der Waals surface area contributed by atoms with Crippen LogP contribution in [0.15, 0.2) is 151 Å². The summed E-state index contributed by atoms with van der Waals surface area (Å²) in [6.45, 7) is 15.8. The van der Waals surface area contributed by atoms with Gasteiger partial charge in [-0.3, -0.25) is 9.13 Å². The summed E-state index contributed by atoms with van der Waals surface area (Å²) in [5, 5.41) is 4.73. The first-order valence-corrected chi connectivity index (χ1v) is 19.7. The normalized spacial score (nSPS) is 15.0. The molecule has 0 spiro atoms. The highest BCUT2D eigenvalue weighted by Crippen LogP contribution is 2.53. The lowest BCUT2D eigenvalue weighted by Crippen LogP contribution is -2.15. The van der Waals surface area contributed by atoms with Crippen molar-refractivity contribution in [2.75, 3.05) is 0 Å². The van der Waals surface area contributed by atoms with E-state index in [1.54, 1.807) is 0 Å². The summed E-state index contributed by atoms with van der Waals surface area (Å²) in [5.74, 6) is 1.35. The molecule has 11 rings (SSSR count). The monoisotopic (exact) mass is 735 g/mol. The summed E-state index contributed by atoms with van der Waals surface area (Å²) >= 11 is 0. The number of benzene rings is 6. The number of nitrogens with zero attached hydrogens (tertiary/aromatic N) is 5. The van der Waals surface area contributed by atoms with Crippen molar-refractivity contribution in [2.24, 2.45) is 4.99 Å². The van der Waals surface area contributed by atoms with E-state index in [2.05, 4.69) is 153 Å². The number of fused-ring (bicyclic) bond motifs is 12. The predicted molar refractivity (Wildman–Crippen MR) is 239 cm³/mol. The van der Waals surface area contributed by atoms with Gasteiger partial charge in [0, 0.05) is 51.0 Å². The molecule has 2 aliphatic carbocycles. The number of aromatic nitrogens is 4. The molecular weight excluding hydrogens is 695 g/mol. The predicted octanol–water partition coefficient (Wildman–Crippen LogP) is 13.0. The standard InChI is InChI=1S/C52H41N5/c1-7-8-22-53-31(2)56-46-20-18-32(25-38(46)40-27-36-34-14-9-11-16-42(34)51(3,4)44(36)29-48(40)56)33-19-21-47-39(26-33)41-28-37-35-15-10-12-17-43(35)52(5,6)45(37)30-49(41)57(47)50-54-23-13-24-55-50/h7-30H,2H2,1,3-6H3/b8-7-,53-22-. The first kappa shape index (κ1) is 33.5. The smallest absolute Gasteiger partial charge is 0.234 e. The summed E-state index contributed by atoms with van der Waals surface area (Å²) < 4.78 is 4.45. The minimum absolute atomic E-state index is 0.125. The second-order valence-corrected chi connectivity index (χ2v) is 16.6. The molecule has 9 aromatic rings. The van der Waals surface area contributed by atoms with E-state index in [9.17, 15) is 0 Å². The van der Waals surface area contributed by atoms with Crippen molar-refractivity contribution in [1.29, 1.82) is 0 Å². The molecule has 0 fully saturated rings. The van der Waals surface area contributed by atoms with Gasteiger partial charge in [-0.05, 0) is 123 Å². The third kappa shape index (κ3) is 4.60. The molecule has 0 atom stereocenters. The van der Waals surface area contributed by atoms with Crippen molar-refractivity contribution in [3.63, 3.8) is 0 Å². The Balaban J connectivity index is 1.16. The van der Waals surface area contributed by atoms with E-state index < -0.39 is 0 Å². The van der Waals surface area contributed by atoms with Crippen molar-refractivity contribution in [3.05, 3.63) is 169 Å². The molecule has 57 heavy (non-hydrogen) atoms. The van der Waals surface area contributed by atoms with Gasteiger partial charge in [0.2, 0.25) is 5.95 Å². The van der Waals surface area contributed by atoms with E-state index in [1.807, 2.05) is 43.8 Å². The second kappa shape index (κ2) is 11.8. The van der Waals surface area contributed by atoms with Crippen LogP contribution in [0.4, 0.5) is 0 Å². The van der Waals surface area contributed by atoms with Crippen LogP contribution < -0.4 is 0 Å². The molecular formula is C52H41N5. The van der Waals surface area contributed by atoms with Crippen molar-refractivity contribution >= 4 is 55.6 Å². The van der Waals surface area contributed by atoms with Crippen LogP contribution in [0.25, 0.3) is 88.8 Å². The molecule has 0 N–H and O–H groups in total. The van der Waals surface area contributed by atoms with Crippen LogP contribution in [-0.4, -0.2) is 25.3 Å². The van der Waals surface area contributed by atoms with Crippen LogP contribution in [0.1, 0.15) is 56.9 Å². The van der Waals surface area contributed by atoms with Crippen molar-refractivity contribution in [3.8, 4) is 39.3 Å². The van der Waals surface area contributed by atoms with Crippen LogP contribution in [0, 0.1) is 0 Å². The topological polar surface area (TPSA) is 48.0 Å². The Hall–Kier alpha value is -6.85. The lowest BCUT2D eigenvalue weighted by Gasteiger charge is -2.21. The highest BCUT2D eigenvalue weighted by Gasteiger charge is 2.37. The summed E-state index contributed by atoms with van der Waals surface area (Å²) in [6.07, 6.45) is 9.39. The van der Waals surface area contributed by atoms with Gasteiger partial charge in [0.15, 0.2) is 0 Å². The molecule has 0 saturated heterocycles. The van der Waals surface area contributed by atoms with Gasteiger partial charge in [-0.2, -0.15) is 0 Å². The fourth-order valence-corrected chi connectivity index (χ4v) is 9.96. The van der Waals surface area contributed by atoms with Gasteiger partial charge in [0.1, 0.15) is 5.82 Å². The largest absolute Gasteiger partial charge is 0.294 e. The van der Waals surface area contributed by atoms with Crippen LogP contribution >= 0.6 is 0 Å². The van der Waals surface area contributed by atoms with E-state index in [0.717, 1.165) is 33.2 Å². The maximum absolute atomic E-state index is 4.79. The molecule has 0 unspecified atom stereocenters. The molecule has 0 amide bonds. The van der Waals surface area contributed by atoms with E-state index in [0.29, 0.717) is 11.8 Å². The molecule has 6 aromatic carbocycles. The maximum Gasteiger partial charge on any atom is 0.234 e. The van der Waals surface area contributed by atoms with Crippen LogP contribution in [0.3, 0.4) is 0 Å². The fraction of sp³-hybridized carbons (Fsp3) is 0.135. The fourth-order valence-electron chi connectivity index (χ4n) is 9.96. The minimum Gasteiger partial charge on any atom is -0.294 e. The van der Waals surface area contributed by atoms with Crippen molar-refractivity contribution in [1.82, 2.24) is 19.1 Å². The van der Waals surface area contributed by atoms with E-state index >= 15 is 0 Å². The Morgan fingerprint density at radius 3 is 1.70 bits per heavy atom. The molecule has 0 saturated carbocycles. The van der Waals surface area contributed by atoms with Gasteiger partial charge < -0.3 is 0 Å². The number of hydrogen-bond donors (Lipinski definition) is 0. The van der Waals surface area contributed by atoms with Gasteiger partial charge in [-0.25, -0.2) is 15.0 Å². The molecule has 3 heterocycles. The van der Waals surface area contributed by atoms with Gasteiger partial charge in [-0.15, -0.1) is 0 Å². The number of allylic oxidation sites excluding steroid dienone is 2. The molecule has 2 aliphatic rings. The van der Waals surface area contributed by atoms with E-state index in [4.69, 9.17) is 15.0 Å². The Morgan fingerprint density at radius 2 is 1.09 bits per heavy atom. The zero-order chi connectivity index (χ0) is 38.8. The molecule has 0 bridgehead atoms. The second-order valence-electron chi connectivity index (χ2n) is 16.6. The van der Waals surface area contributed by atoms with Gasteiger partial charge in [0.25, 0.3) is 0 Å². The quantitative estimate of drug-likeness (QED) is 0.165. The Morgan fingerprint density at radius 1 is 0.561 bits per heavy atom. The maximum atomic E-state index is 4.79. The SMILES string of the molecule is C=C(/N=C\C=C/C)n1c2ccc(-c3ccc4c(c3)c3cc5c(cc3n4-c3ncccn3)C(C)(C)c3ccccc3-5)cc2c2cc3c(cc21)C(C)(C)c1ccccc1-3. The number of hydrogen-bond acceptors (Lipinski definition) is 3. The van der Waals surface area contributed by atoms with E-state index in [-0.39, 0.29) is 10.8 Å². The summed E-state index contributed by atoms with van der Waals surface area (Å²) in [4.78, 5) is 14.3. The highest BCUT2D eigenvalue weighted by atomic mass is 15.1. The average Bonchev–Trinajstić information content (AvgIpc) is 3.88. The summed E-state index contributed by atoms with van der Waals surface area (Å²) in [7, 11) is 0. The zero-order valence-electron chi connectivity index (χ0n) is 32.8. The molecule has 0 radical (unpaired) electrons. The van der Waals surface area contributed by atoms with Crippen LogP contribution in [-0.2, 0) is 10.8 Å². The number of aliphatic imine (C=N–C) groups is 1. The third-order valence-electron chi connectivity index (χ3n) is 12.8. The molecule has 274 valence electrons.